The van der Waals surface area contributed by atoms with Crippen molar-refractivity contribution in [2.45, 2.75) is 0 Å². The van der Waals surface area contributed by atoms with Crippen LogP contribution in [0.15, 0.2) is 46.6 Å². The number of aromatic nitrogens is 3. The van der Waals surface area contributed by atoms with E-state index >= 15 is 0 Å². The monoisotopic (exact) mass is 345 g/mol. The second-order valence-corrected chi connectivity index (χ2v) is 6.91. The van der Waals surface area contributed by atoms with Crippen LogP contribution in [0.3, 0.4) is 0 Å². The van der Waals surface area contributed by atoms with Gasteiger partial charge >= 0.3 is 0 Å². The molecule has 0 bridgehead atoms. The first-order valence-electron chi connectivity index (χ1n) is 6.42. The highest BCUT2D eigenvalue weighted by Crippen LogP contribution is 2.21. The van der Waals surface area contributed by atoms with Gasteiger partial charge in [0, 0.05) is 5.02 Å². The van der Waals surface area contributed by atoms with Crippen LogP contribution in [0, 0.1) is 0 Å². The molecule has 0 radical (unpaired) electrons. The molecule has 0 fully saturated rings. The van der Waals surface area contributed by atoms with Crippen molar-refractivity contribution in [3.8, 4) is 10.7 Å². The molecule has 3 aromatic heterocycles. The Balaban J connectivity index is 1.88. The molecule has 3 heterocycles. The Kier molecular flexibility index (Phi) is 3.29. The summed E-state index contributed by atoms with van der Waals surface area (Å²) in [5.41, 5.74) is 0.638. The first-order chi connectivity index (χ1) is 10.7. The zero-order chi connectivity index (χ0) is 15.1. The Bertz CT molecular complexity index is 1070. The van der Waals surface area contributed by atoms with Gasteiger partial charge in [0.1, 0.15) is 0 Å². The predicted molar refractivity (Wildman–Crippen MR) is 90.7 cm³/mol. The lowest BCUT2D eigenvalue weighted by molar-refractivity contribution is 0.938. The summed E-state index contributed by atoms with van der Waals surface area (Å²) in [6.45, 7) is 0. The summed E-state index contributed by atoms with van der Waals surface area (Å²) in [7, 11) is 0. The fourth-order valence-electron chi connectivity index (χ4n) is 2.08. The van der Waals surface area contributed by atoms with Gasteiger partial charge in [-0.2, -0.15) is 9.50 Å². The highest BCUT2D eigenvalue weighted by Gasteiger charge is 2.12. The predicted octanol–water partition coefficient (Wildman–Crippen LogP) is 3.08. The van der Waals surface area contributed by atoms with Crippen LogP contribution in [0.2, 0.25) is 5.02 Å². The third kappa shape index (κ3) is 2.25. The lowest BCUT2D eigenvalue weighted by Crippen LogP contribution is -2.23. The molecular formula is C15H8ClN3OS2. The van der Waals surface area contributed by atoms with E-state index in [0.717, 1.165) is 10.4 Å². The smallest absolute Gasteiger partial charge is 0.266 e. The van der Waals surface area contributed by atoms with E-state index in [9.17, 15) is 4.79 Å². The van der Waals surface area contributed by atoms with E-state index in [1.165, 1.54) is 15.9 Å². The Labute approximate surface area is 137 Å². The number of hydrogen-bond acceptors (Lipinski definition) is 5. The summed E-state index contributed by atoms with van der Waals surface area (Å²) in [4.78, 5) is 18.4. The highest BCUT2D eigenvalue weighted by molar-refractivity contribution is 7.15. The number of hydrogen-bond donors (Lipinski definition) is 0. The van der Waals surface area contributed by atoms with Crippen molar-refractivity contribution in [2.75, 3.05) is 0 Å². The number of rotatable bonds is 2. The first kappa shape index (κ1) is 13.6. The zero-order valence-corrected chi connectivity index (χ0v) is 13.5. The first-order valence-corrected chi connectivity index (χ1v) is 8.49. The lowest BCUT2D eigenvalue weighted by atomic mass is 10.2. The van der Waals surface area contributed by atoms with Crippen molar-refractivity contribution in [3.05, 3.63) is 67.3 Å². The van der Waals surface area contributed by atoms with E-state index in [1.807, 2.05) is 35.7 Å². The molecule has 4 rings (SSSR count). The minimum atomic E-state index is -0.171. The number of nitrogens with zero attached hydrogens (tertiary/aromatic N) is 3. The van der Waals surface area contributed by atoms with Gasteiger partial charge in [0.25, 0.3) is 5.56 Å². The lowest BCUT2D eigenvalue weighted by Gasteiger charge is -1.94. The SMILES string of the molecule is O=c1/c(=C/c2ccccc2Cl)sc2nc(-c3cccs3)nn12. The number of benzene rings is 1. The standard InChI is InChI=1S/C15H8ClN3OS2/c16-10-5-2-1-4-9(10)8-12-14(20)19-15(22-12)17-13(18-19)11-6-3-7-21-11/h1-8H/b12-8-. The molecular weight excluding hydrogens is 338 g/mol. The number of thiazole rings is 1. The molecule has 4 aromatic rings. The van der Waals surface area contributed by atoms with Crippen LogP contribution in [0.1, 0.15) is 5.56 Å². The second-order valence-electron chi connectivity index (χ2n) is 4.54. The molecule has 0 saturated heterocycles. The Morgan fingerprint density at radius 2 is 2.05 bits per heavy atom. The third-order valence-electron chi connectivity index (χ3n) is 3.12. The normalized spacial score (nSPS) is 12.3. The van der Waals surface area contributed by atoms with E-state index in [4.69, 9.17) is 11.6 Å². The molecule has 0 spiro atoms. The molecule has 0 N–H and O–H groups in total. The molecule has 0 unspecified atom stereocenters. The molecule has 1 aromatic carbocycles. The molecule has 22 heavy (non-hydrogen) atoms. The molecule has 0 aliphatic rings. The van der Waals surface area contributed by atoms with Crippen LogP contribution in [-0.2, 0) is 0 Å². The zero-order valence-electron chi connectivity index (χ0n) is 11.1. The highest BCUT2D eigenvalue weighted by atomic mass is 35.5. The minimum Gasteiger partial charge on any atom is -0.266 e. The van der Waals surface area contributed by atoms with Crippen LogP contribution >= 0.6 is 34.3 Å². The van der Waals surface area contributed by atoms with Crippen molar-refractivity contribution >= 4 is 45.3 Å². The summed E-state index contributed by atoms with van der Waals surface area (Å²) in [5, 5.41) is 6.87. The number of halogens is 1. The van der Waals surface area contributed by atoms with Crippen molar-refractivity contribution in [1.82, 2.24) is 14.6 Å². The maximum absolute atomic E-state index is 12.4. The van der Waals surface area contributed by atoms with Gasteiger partial charge in [-0.15, -0.1) is 16.4 Å². The topological polar surface area (TPSA) is 47.3 Å². The molecule has 0 amide bonds. The van der Waals surface area contributed by atoms with Gasteiger partial charge in [0.05, 0.1) is 9.41 Å². The van der Waals surface area contributed by atoms with Crippen molar-refractivity contribution in [2.24, 2.45) is 0 Å². The summed E-state index contributed by atoms with van der Waals surface area (Å²) in [6, 6.07) is 11.3. The van der Waals surface area contributed by atoms with E-state index in [0.29, 0.717) is 20.3 Å². The van der Waals surface area contributed by atoms with Gasteiger partial charge in [0.2, 0.25) is 4.96 Å². The van der Waals surface area contributed by atoms with Crippen molar-refractivity contribution in [3.63, 3.8) is 0 Å². The number of thiophene rings is 1. The molecule has 0 aliphatic carbocycles. The van der Waals surface area contributed by atoms with E-state index in [-0.39, 0.29) is 5.56 Å². The van der Waals surface area contributed by atoms with E-state index in [1.54, 1.807) is 23.5 Å². The Morgan fingerprint density at radius 1 is 1.18 bits per heavy atom. The van der Waals surface area contributed by atoms with Crippen molar-refractivity contribution in [1.29, 1.82) is 0 Å². The summed E-state index contributed by atoms with van der Waals surface area (Å²) < 4.78 is 1.92. The quantitative estimate of drug-likeness (QED) is 0.561. The van der Waals surface area contributed by atoms with E-state index < -0.39 is 0 Å². The van der Waals surface area contributed by atoms with E-state index in [2.05, 4.69) is 10.1 Å². The summed E-state index contributed by atoms with van der Waals surface area (Å²) in [5.74, 6) is 0.586. The van der Waals surface area contributed by atoms with Crippen LogP contribution in [-0.4, -0.2) is 14.6 Å². The fraction of sp³-hybridized carbons (Fsp3) is 0. The molecule has 0 aliphatic heterocycles. The van der Waals surface area contributed by atoms with Gasteiger partial charge < -0.3 is 0 Å². The minimum absolute atomic E-state index is 0.171. The van der Waals surface area contributed by atoms with Gasteiger partial charge in [-0.3, -0.25) is 4.79 Å². The maximum atomic E-state index is 12.4. The van der Waals surface area contributed by atoms with Crippen molar-refractivity contribution < 1.29 is 0 Å². The van der Waals surface area contributed by atoms with Gasteiger partial charge in [-0.25, -0.2) is 0 Å². The average molecular weight is 346 g/mol. The van der Waals surface area contributed by atoms with Crippen LogP contribution in [0.25, 0.3) is 21.7 Å². The summed E-state index contributed by atoms with van der Waals surface area (Å²) >= 11 is 8.99. The molecule has 0 atom stereocenters. The Morgan fingerprint density at radius 3 is 2.77 bits per heavy atom. The van der Waals surface area contributed by atoms with Gasteiger partial charge in [-0.1, -0.05) is 47.2 Å². The average Bonchev–Trinajstić information content (AvgIpc) is 3.20. The molecule has 108 valence electrons. The molecule has 7 heteroatoms. The second kappa shape index (κ2) is 5.31. The van der Waals surface area contributed by atoms with Gasteiger partial charge in [-0.05, 0) is 29.2 Å². The largest absolute Gasteiger partial charge is 0.291 e. The fourth-order valence-corrected chi connectivity index (χ4v) is 3.82. The number of fused-ring (bicyclic) bond motifs is 1. The van der Waals surface area contributed by atoms with Crippen LogP contribution in [0.4, 0.5) is 0 Å². The van der Waals surface area contributed by atoms with Crippen LogP contribution in [0.5, 0.6) is 0 Å². The maximum Gasteiger partial charge on any atom is 0.291 e. The third-order valence-corrected chi connectivity index (χ3v) is 5.28. The van der Waals surface area contributed by atoms with Crippen LogP contribution < -0.4 is 10.1 Å². The Hall–Kier alpha value is -2.02. The molecule has 4 nitrogen and oxygen atoms in total. The van der Waals surface area contributed by atoms with Gasteiger partial charge in [0.15, 0.2) is 5.82 Å². The summed E-state index contributed by atoms with van der Waals surface area (Å²) in [6.07, 6.45) is 1.77. The molecule has 0 saturated carbocycles.